The van der Waals surface area contributed by atoms with Gasteiger partial charge in [-0.1, -0.05) is 26.0 Å². The molecule has 4 heteroatoms. The molecule has 2 unspecified atom stereocenters. The van der Waals surface area contributed by atoms with Crippen LogP contribution >= 0.6 is 11.8 Å². The molecule has 0 heterocycles. The van der Waals surface area contributed by atoms with Crippen LogP contribution in [-0.2, 0) is 10.5 Å². The van der Waals surface area contributed by atoms with Gasteiger partial charge in [0, 0.05) is 11.4 Å². The average molecular weight is 293 g/mol. The molecule has 0 bridgehead atoms. The molecule has 20 heavy (non-hydrogen) atoms. The highest BCUT2D eigenvalue weighted by Crippen LogP contribution is 2.27. The highest BCUT2D eigenvalue weighted by atomic mass is 32.2. The molecular formula is C16H23NO2S. The van der Waals surface area contributed by atoms with Gasteiger partial charge in [-0.2, -0.15) is 11.8 Å². The molecule has 0 radical (unpaired) electrons. The average Bonchev–Trinajstić information content (AvgIpc) is 2.83. The fourth-order valence-electron chi connectivity index (χ4n) is 2.48. The number of hydrogen-bond acceptors (Lipinski definition) is 3. The molecule has 0 spiro atoms. The van der Waals surface area contributed by atoms with Crippen molar-refractivity contribution in [2.24, 2.45) is 5.92 Å². The summed E-state index contributed by atoms with van der Waals surface area (Å²) in [7, 11) is 0. The standard InChI is InChI=1S/C16H23NO2S/c1-11(2)20-10-12-5-3-6-13(9-12)17-16(19)14-7-4-8-15(14)18/h3,5-6,9,11,14-15,18H,4,7-8,10H2,1-2H3,(H,17,19). The zero-order valence-corrected chi connectivity index (χ0v) is 13.0. The van der Waals surface area contributed by atoms with Gasteiger partial charge >= 0.3 is 0 Å². The minimum Gasteiger partial charge on any atom is -0.392 e. The number of amides is 1. The van der Waals surface area contributed by atoms with Crippen LogP contribution < -0.4 is 5.32 Å². The van der Waals surface area contributed by atoms with Gasteiger partial charge in [0.1, 0.15) is 0 Å². The lowest BCUT2D eigenvalue weighted by molar-refractivity contribution is -0.122. The Hall–Kier alpha value is -1.00. The Kier molecular flexibility index (Phi) is 5.49. The van der Waals surface area contributed by atoms with E-state index in [4.69, 9.17) is 0 Å². The Morgan fingerprint density at radius 1 is 1.45 bits per heavy atom. The zero-order chi connectivity index (χ0) is 14.5. The molecule has 2 atom stereocenters. The normalized spacial score (nSPS) is 22.2. The molecule has 0 saturated heterocycles. The van der Waals surface area contributed by atoms with Gasteiger partial charge in [0.15, 0.2) is 0 Å². The Labute approximate surface area is 125 Å². The number of hydrogen-bond donors (Lipinski definition) is 2. The molecule has 1 fully saturated rings. The van der Waals surface area contributed by atoms with E-state index in [0.29, 0.717) is 5.25 Å². The summed E-state index contributed by atoms with van der Waals surface area (Å²) in [5, 5.41) is 13.3. The van der Waals surface area contributed by atoms with Crippen LogP contribution in [0.2, 0.25) is 0 Å². The van der Waals surface area contributed by atoms with Gasteiger partial charge < -0.3 is 10.4 Å². The van der Waals surface area contributed by atoms with Crippen molar-refractivity contribution < 1.29 is 9.90 Å². The summed E-state index contributed by atoms with van der Waals surface area (Å²) in [5.41, 5.74) is 2.05. The highest BCUT2D eigenvalue weighted by molar-refractivity contribution is 7.99. The summed E-state index contributed by atoms with van der Waals surface area (Å²) in [6.07, 6.45) is 1.98. The Bertz CT molecular complexity index is 462. The van der Waals surface area contributed by atoms with Crippen molar-refractivity contribution in [2.45, 2.75) is 50.2 Å². The number of aliphatic hydroxyl groups is 1. The minimum atomic E-state index is -0.477. The number of anilines is 1. The second-order valence-corrected chi connectivity index (χ2v) is 7.22. The van der Waals surface area contributed by atoms with Crippen LogP contribution in [0.15, 0.2) is 24.3 Å². The lowest BCUT2D eigenvalue weighted by Crippen LogP contribution is -2.28. The minimum absolute atomic E-state index is 0.0522. The van der Waals surface area contributed by atoms with Crippen molar-refractivity contribution in [3.05, 3.63) is 29.8 Å². The molecular weight excluding hydrogens is 270 g/mol. The summed E-state index contributed by atoms with van der Waals surface area (Å²) < 4.78 is 0. The van der Waals surface area contributed by atoms with Crippen molar-refractivity contribution in [2.75, 3.05) is 5.32 Å². The van der Waals surface area contributed by atoms with Crippen LogP contribution in [0.25, 0.3) is 0 Å². The predicted octanol–water partition coefficient (Wildman–Crippen LogP) is 3.43. The molecule has 1 aliphatic rings. The first kappa shape index (κ1) is 15.4. The number of rotatable bonds is 5. The lowest BCUT2D eigenvalue weighted by atomic mass is 10.1. The molecule has 2 N–H and O–H groups in total. The molecule has 1 aromatic rings. The smallest absolute Gasteiger partial charge is 0.230 e. The number of carbonyl (C=O) groups excluding carboxylic acids is 1. The summed E-state index contributed by atoms with van der Waals surface area (Å²) in [6, 6.07) is 7.98. The van der Waals surface area contributed by atoms with E-state index in [-0.39, 0.29) is 11.8 Å². The summed E-state index contributed by atoms with van der Waals surface area (Å²) >= 11 is 1.88. The number of benzene rings is 1. The van der Waals surface area contributed by atoms with Gasteiger partial charge in [0.25, 0.3) is 0 Å². The maximum atomic E-state index is 12.1. The van der Waals surface area contributed by atoms with Gasteiger partial charge in [-0.15, -0.1) is 0 Å². The number of thioether (sulfide) groups is 1. The molecule has 110 valence electrons. The monoisotopic (exact) mass is 293 g/mol. The van der Waals surface area contributed by atoms with Crippen LogP contribution in [0.5, 0.6) is 0 Å². The van der Waals surface area contributed by atoms with E-state index in [1.54, 1.807) is 0 Å². The van der Waals surface area contributed by atoms with Gasteiger partial charge in [0.05, 0.1) is 12.0 Å². The van der Waals surface area contributed by atoms with E-state index in [1.165, 1.54) is 5.56 Å². The second-order valence-electron chi connectivity index (χ2n) is 5.65. The van der Waals surface area contributed by atoms with Crippen molar-refractivity contribution in [3.63, 3.8) is 0 Å². The van der Waals surface area contributed by atoms with E-state index in [1.807, 2.05) is 30.0 Å². The third-order valence-electron chi connectivity index (χ3n) is 3.59. The van der Waals surface area contributed by atoms with Crippen molar-refractivity contribution in [1.29, 1.82) is 0 Å². The Morgan fingerprint density at radius 3 is 2.90 bits per heavy atom. The van der Waals surface area contributed by atoms with Crippen molar-refractivity contribution in [3.8, 4) is 0 Å². The third kappa shape index (κ3) is 4.25. The summed E-state index contributed by atoms with van der Waals surface area (Å²) in [4.78, 5) is 12.1. The van der Waals surface area contributed by atoms with E-state index in [0.717, 1.165) is 30.7 Å². The van der Waals surface area contributed by atoms with Gasteiger partial charge in [-0.05, 0) is 42.2 Å². The Balaban J connectivity index is 1.95. The molecule has 1 saturated carbocycles. The van der Waals surface area contributed by atoms with Crippen LogP contribution in [0.4, 0.5) is 5.69 Å². The molecule has 1 amide bonds. The lowest BCUT2D eigenvalue weighted by Gasteiger charge is -2.15. The maximum Gasteiger partial charge on any atom is 0.230 e. The quantitative estimate of drug-likeness (QED) is 0.874. The SMILES string of the molecule is CC(C)SCc1cccc(NC(=O)C2CCCC2O)c1. The summed E-state index contributed by atoms with van der Waals surface area (Å²) in [6.45, 7) is 4.36. The van der Waals surface area contributed by atoms with Crippen molar-refractivity contribution in [1.82, 2.24) is 0 Å². The first-order chi connectivity index (χ1) is 9.56. The van der Waals surface area contributed by atoms with E-state index < -0.39 is 6.10 Å². The van der Waals surface area contributed by atoms with Crippen LogP contribution in [0, 0.1) is 5.92 Å². The first-order valence-corrected chi connectivity index (χ1v) is 8.30. The Morgan fingerprint density at radius 2 is 2.25 bits per heavy atom. The molecule has 1 aromatic carbocycles. The van der Waals surface area contributed by atoms with Gasteiger partial charge in [0.2, 0.25) is 5.91 Å². The first-order valence-electron chi connectivity index (χ1n) is 7.25. The molecule has 2 rings (SSSR count). The van der Waals surface area contributed by atoms with Crippen molar-refractivity contribution >= 4 is 23.4 Å². The fourth-order valence-corrected chi connectivity index (χ4v) is 3.19. The molecule has 0 aromatic heterocycles. The zero-order valence-electron chi connectivity index (χ0n) is 12.1. The maximum absolute atomic E-state index is 12.1. The van der Waals surface area contributed by atoms with Crippen LogP contribution in [-0.4, -0.2) is 22.4 Å². The second kappa shape index (κ2) is 7.14. The third-order valence-corrected chi connectivity index (χ3v) is 4.76. The summed E-state index contributed by atoms with van der Waals surface area (Å²) in [5.74, 6) is 0.653. The number of aliphatic hydroxyl groups excluding tert-OH is 1. The van der Waals surface area contributed by atoms with E-state index >= 15 is 0 Å². The number of carbonyl (C=O) groups is 1. The topological polar surface area (TPSA) is 49.3 Å². The van der Waals surface area contributed by atoms with Crippen LogP contribution in [0.3, 0.4) is 0 Å². The fraction of sp³-hybridized carbons (Fsp3) is 0.562. The predicted molar refractivity (Wildman–Crippen MR) is 84.9 cm³/mol. The number of nitrogens with one attached hydrogen (secondary N) is 1. The molecule has 0 aliphatic heterocycles. The highest BCUT2D eigenvalue weighted by Gasteiger charge is 2.31. The van der Waals surface area contributed by atoms with Gasteiger partial charge in [-0.25, -0.2) is 0 Å². The molecule has 3 nitrogen and oxygen atoms in total. The molecule has 1 aliphatic carbocycles. The largest absolute Gasteiger partial charge is 0.392 e. The van der Waals surface area contributed by atoms with E-state index in [2.05, 4.69) is 25.2 Å². The van der Waals surface area contributed by atoms with Crippen LogP contribution in [0.1, 0.15) is 38.7 Å². The van der Waals surface area contributed by atoms with Gasteiger partial charge in [-0.3, -0.25) is 4.79 Å². The van der Waals surface area contributed by atoms with E-state index in [9.17, 15) is 9.90 Å².